The Hall–Kier alpha value is -1.53. The molecule has 0 saturated carbocycles. The summed E-state index contributed by atoms with van der Waals surface area (Å²) in [5.41, 5.74) is 0.189. The smallest absolute Gasteiger partial charge is 0.357 e. The highest BCUT2D eigenvalue weighted by Gasteiger charge is 2.07. The summed E-state index contributed by atoms with van der Waals surface area (Å²) >= 11 is 5.60. The van der Waals surface area contributed by atoms with E-state index >= 15 is 0 Å². The first-order valence-electron chi connectivity index (χ1n) is 3.97. The van der Waals surface area contributed by atoms with E-state index in [4.69, 9.17) is 22.8 Å². The first-order chi connectivity index (χ1) is 6.74. The summed E-state index contributed by atoms with van der Waals surface area (Å²) in [5, 5.41) is 0.261. The summed E-state index contributed by atoms with van der Waals surface area (Å²) in [6.07, 6.45) is 5.39. The maximum atomic E-state index is 11.3. The lowest BCUT2D eigenvalue weighted by molar-refractivity contribution is 0.0507. The van der Waals surface area contributed by atoms with Crippen molar-refractivity contribution in [2.75, 3.05) is 6.61 Å². The molecular formula is C10H8ClNO2. The zero-order chi connectivity index (χ0) is 10.4. The Balaban J connectivity index is 2.57. The first kappa shape index (κ1) is 10.6. The molecule has 4 heteroatoms. The zero-order valence-corrected chi connectivity index (χ0v) is 8.12. The van der Waals surface area contributed by atoms with Crippen LogP contribution in [0.15, 0.2) is 18.2 Å². The van der Waals surface area contributed by atoms with Crippen LogP contribution in [0.1, 0.15) is 16.9 Å². The molecular weight excluding hydrogens is 202 g/mol. The Morgan fingerprint density at radius 1 is 1.64 bits per heavy atom. The topological polar surface area (TPSA) is 39.2 Å². The Kier molecular flexibility index (Phi) is 3.96. The zero-order valence-electron chi connectivity index (χ0n) is 7.37. The summed E-state index contributed by atoms with van der Waals surface area (Å²) in [6.45, 7) is 0.198. The molecule has 0 saturated heterocycles. The van der Waals surface area contributed by atoms with Crippen molar-refractivity contribution in [1.82, 2.24) is 4.98 Å². The van der Waals surface area contributed by atoms with Gasteiger partial charge in [-0.25, -0.2) is 9.78 Å². The summed E-state index contributed by atoms with van der Waals surface area (Å²) in [5.74, 6) is 1.85. The van der Waals surface area contributed by atoms with Gasteiger partial charge in [0.05, 0.1) is 0 Å². The van der Waals surface area contributed by atoms with E-state index < -0.39 is 5.97 Å². The third kappa shape index (κ3) is 3.08. The van der Waals surface area contributed by atoms with E-state index in [1.54, 1.807) is 12.1 Å². The number of pyridine rings is 1. The minimum Gasteiger partial charge on any atom is -0.460 e. The summed E-state index contributed by atoms with van der Waals surface area (Å²) < 4.78 is 4.82. The Morgan fingerprint density at radius 2 is 2.43 bits per heavy atom. The molecule has 14 heavy (non-hydrogen) atoms. The molecule has 0 atom stereocenters. The molecule has 0 aromatic carbocycles. The van der Waals surface area contributed by atoms with E-state index in [2.05, 4.69) is 10.9 Å². The third-order valence-electron chi connectivity index (χ3n) is 1.40. The highest BCUT2D eigenvalue weighted by Crippen LogP contribution is 2.06. The second-order valence-electron chi connectivity index (χ2n) is 2.44. The van der Waals surface area contributed by atoms with Gasteiger partial charge in [0.2, 0.25) is 0 Å². The number of halogens is 1. The normalized spacial score (nSPS) is 9.14. The fourth-order valence-electron chi connectivity index (χ4n) is 0.799. The van der Waals surface area contributed by atoms with Gasteiger partial charge in [-0.3, -0.25) is 0 Å². The van der Waals surface area contributed by atoms with Crippen LogP contribution in [0.3, 0.4) is 0 Å². The number of carbonyl (C=O) groups excluding carboxylic acids is 1. The van der Waals surface area contributed by atoms with E-state index in [-0.39, 0.29) is 17.5 Å². The number of hydrogen-bond acceptors (Lipinski definition) is 3. The number of hydrogen-bond donors (Lipinski definition) is 0. The van der Waals surface area contributed by atoms with Crippen molar-refractivity contribution in [1.29, 1.82) is 0 Å². The first-order valence-corrected chi connectivity index (χ1v) is 4.35. The van der Waals surface area contributed by atoms with Gasteiger partial charge in [0, 0.05) is 6.42 Å². The molecule has 3 nitrogen and oxygen atoms in total. The standard InChI is InChI=1S/C10H8ClNO2/c1-2-3-7-14-10(13)8-5-4-6-9(11)12-8/h1,4-6H,3,7H2. The van der Waals surface area contributed by atoms with Gasteiger partial charge in [0.25, 0.3) is 0 Å². The molecule has 0 radical (unpaired) electrons. The van der Waals surface area contributed by atoms with E-state index in [1.165, 1.54) is 6.07 Å². The molecule has 0 fully saturated rings. The predicted octanol–water partition coefficient (Wildman–Crippen LogP) is 1.92. The number of rotatable bonds is 3. The quantitative estimate of drug-likeness (QED) is 0.330. The van der Waals surface area contributed by atoms with E-state index in [1.807, 2.05) is 0 Å². The summed E-state index contributed by atoms with van der Waals surface area (Å²) in [6, 6.07) is 4.75. The Bertz CT molecular complexity index is 371. The number of ether oxygens (including phenoxy) is 1. The Morgan fingerprint density at radius 3 is 3.07 bits per heavy atom. The van der Waals surface area contributed by atoms with Gasteiger partial charge in [-0.05, 0) is 12.1 Å². The molecule has 0 spiro atoms. The molecule has 0 unspecified atom stereocenters. The van der Waals surface area contributed by atoms with Gasteiger partial charge in [-0.15, -0.1) is 12.3 Å². The number of esters is 1. The van der Waals surface area contributed by atoms with Crippen molar-refractivity contribution in [3.63, 3.8) is 0 Å². The fraction of sp³-hybridized carbons (Fsp3) is 0.200. The maximum absolute atomic E-state index is 11.3. The summed E-state index contributed by atoms with van der Waals surface area (Å²) in [4.78, 5) is 15.1. The maximum Gasteiger partial charge on any atom is 0.357 e. The molecule has 0 amide bonds. The van der Waals surface area contributed by atoms with Crippen LogP contribution in [0.25, 0.3) is 0 Å². The number of carbonyl (C=O) groups is 1. The molecule has 1 heterocycles. The lowest BCUT2D eigenvalue weighted by atomic mass is 10.3. The second-order valence-corrected chi connectivity index (χ2v) is 2.82. The predicted molar refractivity (Wildman–Crippen MR) is 53.0 cm³/mol. The number of terminal acetylenes is 1. The van der Waals surface area contributed by atoms with Crippen LogP contribution in [-0.2, 0) is 4.74 Å². The Labute approximate surface area is 87.1 Å². The van der Waals surface area contributed by atoms with Gasteiger partial charge in [-0.1, -0.05) is 17.7 Å². The molecule has 0 N–H and O–H groups in total. The highest BCUT2D eigenvalue weighted by atomic mass is 35.5. The van der Waals surface area contributed by atoms with Gasteiger partial charge >= 0.3 is 5.97 Å². The molecule has 0 bridgehead atoms. The van der Waals surface area contributed by atoms with Crippen molar-refractivity contribution < 1.29 is 9.53 Å². The highest BCUT2D eigenvalue weighted by molar-refractivity contribution is 6.29. The largest absolute Gasteiger partial charge is 0.460 e. The van der Waals surface area contributed by atoms with Gasteiger partial charge in [0.15, 0.2) is 0 Å². The van der Waals surface area contributed by atoms with Crippen LogP contribution in [0.4, 0.5) is 0 Å². The van der Waals surface area contributed by atoms with E-state index in [0.29, 0.717) is 6.42 Å². The molecule has 1 aromatic heterocycles. The number of aromatic nitrogens is 1. The summed E-state index contributed by atoms with van der Waals surface area (Å²) in [7, 11) is 0. The molecule has 1 rings (SSSR count). The van der Waals surface area contributed by atoms with Crippen LogP contribution < -0.4 is 0 Å². The average Bonchev–Trinajstić information content (AvgIpc) is 2.18. The number of nitrogens with zero attached hydrogens (tertiary/aromatic N) is 1. The third-order valence-corrected chi connectivity index (χ3v) is 1.61. The van der Waals surface area contributed by atoms with Crippen molar-refractivity contribution in [2.45, 2.75) is 6.42 Å². The lowest BCUT2D eigenvalue weighted by Crippen LogP contribution is -2.07. The van der Waals surface area contributed by atoms with E-state index in [9.17, 15) is 4.79 Å². The van der Waals surface area contributed by atoms with Crippen molar-refractivity contribution in [3.05, 3.63) is 29.0 Å². The fourth-order valence-corrected chi connectivity index (χ4v) is 0.962. The molecule has 0 aliphatic heterocycles. The molecule has 1 aromatic rings. The second kappa shape index (κ2) is 5.25. The van der Waals surface area contributed by atoms with Gasteiger partial charge < -0.3 is 4.74 Å². The van der Waals surface area contributed by atoms with Crippen LogP contribution in [0.2, 0.25) is 5.15 Å². The van der Waals surface area contributed by atoms with Crippen molar-refractivity contribution in [2.24, 2.45) is 0 Å². The van der Waals surface area contributed by atoms with Gasteiger partial charge in [0.1, 0.15) is 17.5 Å². The lowest BCUT2D eigenvalue weighted by Gasteiger charge is -2.01. The molecule has 0 aliphatic carbocycles. The average molecular weight is 210 g/mol. The van der Waals surface area contributed by atoms with Crippen molar-refractivity contribution >= 4 is 17.6 Å². The van der Waals surface area contributed by atoms with Crippen LogP contribution in [0, 0.1) is 12.3 Å². The monoisotopic (exact) mass is 209 g/mol. The van der Waals surface area contributed by atoms with Crippen LogP contribution in [-0.4, -0.2) is 17.6 Å². The molecule has 72 valence electrons. The van der Waals surface area contributed by atoms with Crippen molar-refractivity contribution in [3.8, 4) is 12.3 Å². The molecule has 0 aliphatic rings. The van der Waals surface area contributed by atoms with E-state index in [0.717, 1.165) is 0 Å². The SMILES string of the molecule is C#CCCOC(=O)c1cccc(Cl)n1. The van der Waals surface area contributed by atoms with Gasteiger partial charge in [-0.2, -0.15) is 0 Å². The minimum atomic E-state index is -0.511. The minimum absolute atomic E-state index is 0.189. The van der Waals surface area contributed by atoms with Crippen LogP contribution >= 0.6 is 11.6 Å². The van der Waals surface area contributed by atoms with Crippen LogP contribution in [0.5, 0.6) is 0 Å².